The minimum Gasteiger partial charge on any atom is -0.488 e. The molecule has 0 aromatic heterocycles. The highest BCUT2D eigenvalue weighted by Gasteiger charge is 2.33. The summed E-state index contributed by atoms with van der Waals surface area (Å²) >= 11 is 2.30. The maximum Gasteiger partial charge on any atom is 0.414 e. The summed E-state index contributed by atoms with van der Waals surface area (Å²) in [5.41, 5.74) is 1.27. The van der Waals surface area contributed by atoms with E-state index in [9.17, 15) is 4.79 Å². The van der Waals surface area contributed by atoms with Gasteiger partial charge in [0.1, 0.15) is 18.0 Å². The molecule has 0 spiro atoms. The quantitative estimate of drug-likeness (QED) is 0.282. The van der Waals surface area contributed by atoms with Crippen LogP contribution in [0.5, 0.6) is 5.75 Å². The van der Waals surface area contributed by atoms with Crippen LogP contribution in [0.4, 0.5) is 10.5 Å². The van der Waals surface area contributed by atoms with Crippen LogP contribution in [-0.4, -0.2) is 30.9 Å². The Hall–Kier alpha value is -2.32. The van der Waals surface area contributed by atoms with Crippen LogP contribution in [0.15, 0.2) is 60.7 Å². The van der Waals surface area contributed by atoms with Gasteiger partial charge >= 0.3 is 6.09 Å². The summed E-state index contributed by atoms with van der Waals surface area (Å²) in [5, 5.41) is 2.05. The highest BCUT2D eigenvalue weighted by Crippen LogP contribution is 2.38. The summed E-state index contributed by atoms with van der Waals surface area (Å²) in [6.45, 7) is 7.16. The van der Waals surface area contributed by atoms with Crippen LogP contribution < -0.4 is 9.64 Å². The van der Waals surface area contributed by atoms with Crippen LogP contribution >= 0.6 is 22.6 Å². The average Bonchev–Trinajstić information content (AvgIpc) is 3.56. The van der Waals surface area contributed by atoms with Crippen LogP contribution in [0.1, 0.15) is 26.3 Å². The highest BCUT2D eigenvalue weighted by molar-refractivity contribution is 14.1. The van der Waals surface area contributed by atoms with Crippen LogP contribution in [0.3, 0.4) is 0 Å². The van der Waals surface area contributed by atoms with Gasteiger partial charge in [-0.25, -0.2) is 4.79 Å². The molecule has 5 nitrogen and oxygen atoms in total. The van der Waals surface area contributed by atoms with E-state index in [1.807, 2.05) is 75.4 Å². The van der Waals surface area contributed by atoms with Gasteiger partial charge < -0.3 is 14.2 Å². The van der Waals surface area contributed by atoms with Gasteiger partial charge in [0.25, 0.3) is 0 Å². The van der Waals surface area contributed by atoms with E-state index in [1.165, 1.54) is 0 Å². The van der Waals surface area contributed by atoms with Gasteiger partial charge in [0, 0.05) is 20.4 Å². The van der Waals surface area contributed by atoms with Gasteiger partial charge in [0.2, 0.25) is 0 Å². The Morgan fingerprint density at radius 2 is 1.74 bits per heavy atom. The van der Waals surface area contributed by atoms with Crippen LogP contribution in [0.2, 0.25) is 0 Å². The first-order valence-corrected chi connectivity index (χ1v) is 11.4. The topological polar surface area (TPSA) is 51.3 Å². The van der Waals surface area contributed by atoms with Crippen molar-refractivity contribution in [3.8, 4) is 5.75 Å². The number of benzene rings is 3. The van der Waals surface area contributed by atoms with E-state index in [-0.39, 0.29) is 12.2 Å². The summed E-state index contributed by atoms with van der Waals surface area (Å²) in [5.74, 6) is 0.736. The molecule has 4 rings (SSSR count). The van der Waals surface area contributed by atoms with Crippen molar-refractivity contribution in [2.45, 2.75) is 39.1 Å². The molecule has 3 aromatic rings. The van der Waals surface area contributed by atoms with Gasteiger partial charge in [-0.2, -0.15) is 0 Å². The summed E-state index contributed by atoms with van der Waals surface area (Å²) in [6, 6.07) is 20.1. The largest absolute Gasteiger partial charge is 0.488 e. The molecule has 0 aliphatic carbocycles. The molecule has 1 aliphatic heterocycles. The maximum absolute atomic E-state index is 13.1. The number of anilines is 1. The second kappa shape index (κ2) is 9.04. The van der Waals surface area contributed by atoms with Gasteiger partial charge in [-0.05, 0) is 48.9 Å². The number of ether oxygens (including phenoxy) is 3. The Balaban J connectivity index is 1.74. The Labute approximate surface area is 196 Å². The lowest BCUT2D eigenvalue weighted by atomic mass is 10.1. The second-order valence-electron chi connectivity index (χ2n) is 8.57. The van der Waals surface area contributed by atoms with Crippen molar-refractivity contribution in [3.63, 3.8) is 0 Å². The van der Waals surface area contributed by atoms with Gasteiger partial charge in [0.05, 0.1) is 24.9 Å². The van der Waals surface area contributed by atoms with Crippen molar-refractivity contribution in [2.75, 3.05) is 18.1 Å². The van der Waals surface area contributed by atoms with E-state index >= 15 is 0 Å². The van der Waals surface area contributed by atoms with E-state index in [2.05, 4.69) is 28.7 Å². The predicted octanol–water partition coefficient (Wildman–Crippen LogP) is 6.16. The Morgan fingerprint density at radius 1 is 1.10 bits per heavy atom. The molecule has 0 radical (unpaired) electrons. The number of halogens is 1. The van der Waals surface area contributed by atoms with Crippen LogP contribution in [0, 0.1) is 3.57 Å². The summed E-state index contributed by atoms with van der Waals surface area (Å²) in [7, 11) is 0. The van der Waals surface area contributed by atoms with Gasteiger partial charge in [-0.1, -0.05) is 54.6 Å². The first-order valence-electron chi connectivity index (χ1n) is 10.3. The molecule has 1 heterocycles. The summed E-state index contributed by atoms with van der Waals surface area (Å²) < 4.78 is 18.3. The van der Waals surface area contributed by atoms with Crippen LogP contribution in [0.25, 0.3) is 10.8 Å². The molecule has 0 bridgehead atoms. The van der Waals surface area contributed by atoms with Crippen molar-refractivity contribution < 1.29 is 19.0 Å². The lowest BCUT2D eigenvalue weighted by molar-refractivity contribution is 0.0577. The fourth-order valence-corrected chi connectivity index (χ4v) is 4.23. The molecular weight excluding hydrogens is 505 g/mol. The number of nitrogens with zero attached hydrogens (tertiary/aromatic N) is 1. The fraction of sp³-hybridized carbons (Fsp3) is 0.320. The van der Waals surface area contributed by atoms with Crippen LogP contribution in [-0.2, 0) is 16.1 Å². The lowest BCUT2D eigenvalue weighted by Gasteiger charge is -2.28. The monoisotopic (exact) mass is 531 g/mol. The number of rotatable bonds is 6. The van der Waals surface area contributed by atoms with Crippen molar-refractivity contribution in [1.82, 2.24) is 0 Å². The molecule has 1 saturated heterocycles. The van der Waals surface area contributed by atoms with E-state index in [0.717, 1.165) is 31.3 Å². The second-order valence-corrected chi connectivity index (χ2v) is 9.65. The van der Waals surface area contributed by atoms with E-state index in [4.69, 9.17) is 14.2 Å². The van der Waals surface area contributed by atoms with Crippen molar-refractivity contribution in [1.29, 1.82) is 0 Å². The molecule has 1 amide bonds. The smallest absolute Gasteiger partial charge is 0.414 e. The first-order chi connectivity index (χ1) is 14.8. The highest BCUT2D eigenvalue weighted by atomic mass is 127. The van der Waals surface area contributed by atoms with Gasteiger partial charge in [-0.15, -0.1) is 0 Å². The van der Waals surface area contributed by atoms with Crippen molar-refractivity contribution in [2.24, 2.45) is 0 Å². The molecule has 31 heavy (non-hydrogen) atoms. The molecule has 162 valence electrons. The lowest BCUT2D eigenvalue weighted by Crippen LogP contribution is -2.39. The number of hydrogen-bond donors (Lipinski definition) is 0. The third kappa shape index (κ3) is 5.49. The molecule has 1 aliphatic rings. The molecule has 0 saturated carbocycles. The molecule has 1 unspecified atom stereocenters. The molecule has 1 atom stereocenters. The minimum absolute atomic E-state index is 0.0310. The Morgan fingerprint density at radius 3 is 2.39 bits per heavy atom. The Kier molecular flexibility index (Phi) is 6.39. The number of carbonyl (C=O) groups excluding carboxylic acids is 1. The third-order valence-corrected chi connectivity index (χ3v) is 5.99. The Bertz CT molecular complexity index is 1070. The summed E-state index contributed by atoms with van der Waals surface area (Å²) in [4.78, 5) is 14.8. The number of carbonyl (C=O) groups is 1. The van der Waals surface area contributed by atoms with Crippen molar-refractivity contribution in [3.05, 3.63) is 69.8 Å². The number of fused-ring (bicyclic) bond motifs is 1. The SMILES string of the molecule is CC(C)(C)OC(=O)N(CC1CO1)c1cc(OCc2ccccc2)c2ccccc2c1I. The summed E-state index contributed by atoms with van der Waals surface area (Å²) in [6.07, 6.45) is -0.353. The van der Waals surface area contributed by atoms with E-state index < -0.39 is 5.60 Å². The number of hydrogen-bond acceptors (Lipinski definition) is 4. The third-order valence-electron chi connectivity index (χ3n) is 4.85. The molecule has 3 aromatic carbocycles. The first kappa shape index (κ1) is 21.9. The van der Waals surface area contributed by atoms with Gasteiger partial charge in [-0.3, -0.25) is 4.90 Å². The average molecular weight is 531 g/mol. The van der Waals surface area contributed by atoms with E-state index in [0.29, 0.717) is 19.8 Å². The predicted molar refractivity (Wildman–Crippen MR) is 131 cm³/mol. The normalized spacial score (nSPS) is 15.5. The van der Waals surface area contributed by atoms with Crippen molar-refractivity contribution >= 4 is 45.1 Å². The molecular formula is C25H26INO4. The van der Waals surface area contributed by atoms with E-state index in [1.54, 1.807) is 4.90 Å². The maximum atomic E-state index is 13.1. The zero-order valence-electron chi connectivity index (χ0n) is 17.9. The number of epoxide rings is 1. The number of amides is 1. The zero-order valence-corrected chi connectivity index (χ0v) is 20.1. The molecule has 0 N–H and O–H groups in total. The standard InChI is InChI=1S/C25H26INO4/c1-25(2,3)31-24(28)27(14-18-16-29-18)21-13-22(30-15-17-9-5-4-6-10-17)19-11-7-8-12-20(19)23(21)26/h4-13,18H,14-16H2,1-3H3. The van der Waals surface area contributed by atoms with Gasteiger partial charge in [0.15, 0.2) is 0 Å². The minimum atomic E-state index is -0.589. The zero-order chi connectivity index (χ0) is 22.0. The fourth-order valence-electron chi connectivity index (χ4n) is 3.31. The molecule has 6 heteroatoms. The molecule has 1 fully saturated rings.